The number of carbonyl (C=O) groups excluding carboxylic acids is 1. The van der Waals surface area contributed by atoms with Gasteiger partial charge in [-0.15, -0.1) is 10.2 Å². The first-order valence-electron chi connectivity index (χ1n) is 8.57. The molecule has 27 heavy (non-hydrogen) atoms. The van der Waals surface area contributed by atoms with E-state index in [9.17, 15) is 4.79 Å². The summed E-state index contributed by atoms with van der Waals surface area (Å²) in [6.45, 7) is 0.611. The summed E-state index contributed by atoms with van der Waals surface area (Å²) in [5, 5.41) is 15.3. The average molecular weight is 399 g/mol. The van der Waals surface area contributed by atoms with Crippen molar-refractivity contribution < 1.29 is 9.53 Å². The van der Waals surface area contributed by atoms with E-state index in [-0.39, 0.29) is 11.9 Å². The summed E-state index contributed by atoms with van der Waals surface area (Å²) in [5.74, 6) is 1.14. The van der Waals surface area contributed by atoms with Crippen LogP contribution >= 0.6 is 23.1 Å². The summed E-state index contributed by atoms with van der Waals surface area (Å²) >= 11 is 2.83. The van der Waals surface area contributed by atoms with Gasteiger partial charge in [-0.2, -0.15) is 0 Å². The van der Waals surface area contributed by atoms with Crippen molar-refractivity contribution in [1.29, 1.82) is 0 Å². The number of para-hydroxylation sites is 2. The summed E-state index contributed by atoms with van der Waals surface area (Å²) in [6, 6.07) is 17.6. The Hall–Kier alpha value is -2.58. The number of anilines is 2. The normalized spacial score (nSPS) is 15.5. The number of benzene rings is 2. The van der Waals surface area contributed by atoms with Crippen LogP contribution in [0.1, 0.15) is 18.0 Å². The molecule has 0 radical (unpaired) electrons. The molecule has 1 atom stereocenters. The Kier molecular flexibility index (Phi) is 5.55. The fraction of sp³-hybridized carbons (Fsp3) is 0.211. The molecule has 0 saturated heterocycles. The van der Waals surface area contributed by atoms with Gasteiger partial charge in [0.1, 0.15) is 5.75 Å². The van der Waals surface area contributed by atoms with Crippen LogP contribution in [0.3, 0.4) is 0 Å². The molecule has 0 saturated carbocycles. The minimum Gasteiger partial charge on any atom is -0.493 e. The molecule has 2 N–H and O–H groups in total. The molecule has 138 valence electrons. The van der Waals surface area contributed by atoms with Crippen molar-refractivity contribution in [2.45, 2.75) is 16.8 Å². The van der Waals surface area contributed by atoms with Crippen molar-refractivity contribution in [2.75, 3.05) is 17.7 Å². The first-order chi connectivity index (χ1) is 13.3. The third-order valence-corrected chi connectivity index (χ3v) is 6.02. The summed E-state index contributed by atoms with van der Waals surface area (Å²) < 4.78 is 6.40. The van der Waals surface area contributed by atoms with Crippen LogP contribution in [0, 0.1) is 0 Å². The summed E-state index contributed by atoms with van der Waals surface area (Å²) in [6.07, 6.45) is 0.775. The number of aromatic nitrogens is 2. The maximum absolute atomic E-state index is 12.4. The smallest absolute Gasteiger partial charge is 0.230 e. The first-order valence-corrected chi connectivity index (χ1v) is 10.4. The van der Waals surface area contributed by atoms with Crippen molar-refractivity contribution in [3.8, 4) is 5.75 Å². The van der Waals surface area contributed by atoms with E-state index in [2.05, 4.69) is 20.8 Å². The predicted octanol–water partition coefficient (Wildman–Crippen LogP) is 4.01. The average Bonchev–Trinajstić information content (AvgIpc) is 3.15. The number of hydrogen-bond donors (Lipinski definition) is 2. The lowest BCUT2D eigenvalue weighted by atomic mass is 10.0. The molecule has 2 heterocycles. The molecule has 1 aromatic heterocycles. The summed E-state index contributed by atoms with van der Waals surface area (Å²) in [7, 11) is 0. The van der Waals surface area contributed by atoms with Gasteiger partial charge in [-0.25, -0.2) is 0 Å². The molecule has 1 aliphatic heterocycles. The maximum atomic E-state index is 12.4. The van der Waals surface area contributed by atoms with Gasteiger partial charge in [-0.3, -0.25) is 4.79 Å². The molecule has 0 bridgehead atoms. The topological polar surface area (TPSA) is 76.1 Å². The van der Waals surface area contributed by atoms with Gasteiger partial charge in [0.15, 0.2) is 4.34 Å². The second kappa shape index (κ2) is 8.41. The van der Waals surface area contributed by atoms with Crippen molar-refractivity contribution in [2.24, 2.45) is 0 Å². The largest absolute Gasteiger partial charge is 0.493 e. The van der Waals surface area contributed by atoms with Crippen LogP contribution in [-0.4, -0.2) is 28.5 Å². The summed E-state index contributed by atoms with van der Waals surface area (Å²) in [5.41, 5.74) is 1.99. The Bertz CT molecular complexity index is 917. The number of rotatable bonds is 6. The lowest BCUT2D eigenvalue weighted by Crippen LogP contribution is -2.33. The zero-order chi connectivity index (χ0) is 18.5. The third kappa shape index (κ3) is 4.58. The monoisotopic (exact) mass is 398 g/mol. The second-order valence-corrected chi connectivity index (χ2v) is 8.15. The highest BCUT2D eigenvalue weighted by Crippen LogP contribution is 2.32. The standard InChI is InChI=1S/C19H18N4O2S2/c24-17(21-15-10-11-25-16-9-5-4-8-14(15)16)12-26-19-23-22-18(27-19)20-13-6-2-1-3-7-13/h1-9,15H,10-12H2,(H,20,22)(H,21,24)/t15-/m1/s1. The Morgan fingerprint density at radius 1 is 1.15 bits per heavy atom. The number of fused-ring (bicyclic) bond motifs is 1. The van der Waals surface area contributed by atoms with Gasteiger partial charge in [0.2, 0.25) is 11.0 Å². The number of ether oxygens (including phenoxy) is 1. The van der Waals surface area contributed by atoms with Crippen molar-refractivity contribution in [1.82, 2.24) is 15.5 Å². The fourth-order valence-electron chi connectivity index (χ4n) is 2.82. The van der Waals surface area contributed by atoms with Gasteiger partial charge in [-0.1, -0.05) is 59.5 Å². The number of thioether (sulfide) groups is 1. The van der Waals surface area contributed by atoms with E-state index >= 15 is 0 Å². The van der Waals surface area contributed by atoms with Crippen molar-refractivity contribution >= 4 is 39.8 Å². The van der Waals surface area contributed by atoms with Gasteiger partial charge in [0.05, 0.1) is 18.4 Å². The van der Waals surface area contributed by atoms with E-state index in [4.69, 9.17) is 4.74 Å². The van der Waals surface area contributed by atoms with E-state index in [1.165, 1.54) is 23.1 Å². The van der Waals surface area contributed by atoms with Crippen molar-refractivity contribution in [3.63, 3.8) is 0 Å². The fourth-order valence-corrected chi connectivity index (χ4v) is 4.40. The SMILES string of the molecule is O=C(CSc1nnc(Nc2ccccc2)s1)N[C@@H]1CCOc2ccccc21. The number of amides is 1. The van der Waals surface area contributed by atoms with E-state index < -0.39 is 0 Å². The van der Waals surface area contributed by atoms with Crippen LogP contribution in [0.25, 0.3) is 0 Å². The van der Waals surface area contributed by atoms with E-state index in [1.807, 2.05) is 54.6 Å². The number of carbonyl (C=O) groups is 1. The lowest BCUT2D eigenvalue weighted by molar-refractivity contribution is -0.119. The van der Waals surface area contributed by atoms with Crippen molar-refractivity contribution in [3.05, 3.63) is 60.2 Å². The van der Waals surface area contributed by atoms with E-state index in [1.54, 1.807) is 0 Å². The molecule has 3 aromatic rings. The lowest BCUT2D eigenvalue weighted by Gasteiger charge is -2.26. The van der Waals surface area contributed by atoms with E-state index in [0.29, 0.717) is 17.5 Å². The van der Waals surface area contributed by atoms with Crippen LogP contribution in [0.5, 0.6) is 5.75 Å². The van der Waals surface area contributed by atoms with Crippen LogP contribution in [-0.2, 0) is 4.79 Å². The minimum atomic E-state index is -0.0190. The Balaban J connectivity index is 1.30. The van der Waals surface area contributed by atoms with Gasteiger partial charge in [0.25, 0.3) is 0 Å². The zero-order valence-electron chi connectivity index (χ0n) is 14.4. The number of hydrogen-bond acceptors (Lipinski definition) is 7. The van der Waals surface area contributed by atoms with E-state index in [0.717, 1.165) is 27.8 Å². The number of nitrogens with one attached hydrogen (secondary N) is 2. The molecule has 1 amide bonds. The van der Waals surface area contributed by atoms with Gasteiger partial charge >= 0.3 is 0 Å². The second-order valence-electron chi connectivity index (χ2n) is 5.95. The Labute approximate surface area is 165 Å². The summed E-state index contributed by atoms with van der Waals surface area (Å²) in [4.78, 5) is 12.4. The van der Waals surface area contributed by atoms with Gasteiger partial charge in [0, 0.05) is 17.7 Å². The molecule has 0 spiro atoms. The van der Waals surface area contributed by atoms with Crippen LogP contribution < -0.4 is 15.4 Å². The highest BCUT2D eigenvalue weighted by Gasteiger charge is 2.22. The molecule has 4 rings (SSSR count). The van der Waals surface area contributed by atoms with Crippen LogP contribution in [0.15, 0.2) is 58.9 Å². The molecule has 0 fully saturated rings. The molecule has 2 aromatic carbocycles. The molecular weight excluding hydrogens is 380 g/mol. The molecule has 1 aliphatic rings. The molecule has 6 nitrogen and oxygen atoms in total. The Morgan fingerprint density at radius 3 is 2.85 bits per heavy atom. The first kappa shape index (κ1) is 17.8. The third-order valence-electron chi connectivity index (χ3n) is 4.05. The molecule has 0 aliphatic carbocycles. The zero-order valence-corrected chi connectivity index (χ0v) is 16.1. The van der Waals surface area contributed by atoms with Gasteiger partial charge < -0.3 is 15.4 Å². The highest BCUT2D eigenvalue weighted by atomic mass is 32.2. The van der Waals surface area contributed by atoms with Crippen LogP contribution in [0.4, 0.5) is 10.8 Å². The number of nitrogens with zero attached hydrogens (tertiary/aromatic N) is 2. The highest BCUT2D eigenvalue weighted by molar-refractivity contribution is 8.01. The Morgan fingerprint density at radius 2 is 1.96 bits per heavy atom. The van der Waals surface area contributed by atoms with Gasteiger partial charge in [-0.05, 0) is 18.2 Å². The predicted molar refractivity (Wildman–Crippen MR) is 108 cm³/mol. The molecule has 8 heteroatoms. The quantitative estimate of drug-likeness (QED) is 0.611. The molecule has 0 unspecified atom stereocenters. The minimum absolute atomic E-state index is 0.00669. The maximum Gasteiger partial charge on any atom is 0.230 e. The molecular formula is C19H18N4O2S2. The van der Waals surface area contributed by atoms with Crippen LogP contribution in [0.2, 0.25) is 0 Å².